The van der Waals surface area contributed by atoms with E-state index in [1.54, 1.807) is 7.11 Å². The van der Waals surface area contributed by atoms with E-state index in [1.165, 1.54) is 7.11 Å². The van der Waals surface area contributed by atoms with Crippen molar-refractivity contribution in [1.82, 2.24) is 5.32 Å². The number of methoxy groups -OCH3 is 2. The van der Waals surface area contributed by atoms with Crippen LogP contribution in [0.15, 0.2) is 0 Å². The molecule has 0 radical (unpaired) electrons. The van der Waals surface area contributed by atoms with Crippen LogP contribution in [-0.2, 0) is 14.3 Å². The van der Waals surface area contributed by atoms with Crippen molar-refractivity contribution in [3.8, 4) is 0 Å². The van der Waals surface area contributed by atoms with Gasteiger partial charge in [-0.2, -0.15) is 0 Å². The third kappa shape index (κ3) is 8.01. The highest BCUT2D eigenvalue weighted by Gasteiger charge is 2.07. The van der Waals surface area contributed by atoms with Crippen molar-refractivity contribution in [3.63, 3.8) is 0 Å². The highest BCUT2D eigenvalue weighted by Crippen LogP contribution is 1.94. The lowest BCUT2D eigenvalue weighted by atomic mass is 10.2. The number of esters is 1. The molecule has 0 heterocycles. The molecule has 0 aromatic heterocycles. The summed E-state index contributed by atoms with van der Waals surface area (Å²) in [6, 6.07) is 0.185. The number of nitrogens with one attached hydrogen (secondary N) is 1. The molecule has 0 saturated carbocycles. The first-order valence-corrected chi connectivity index (χ1v) is 4.99. The SMILES string of the molecule is COCCCCNC(C)CC(=O)OC. The molecule has 14 heavy (non-hydrogen) atoms. The molecule has 1 N–H and O–H groups in total. The Morgan fingerprint density at radius 3 is 2.64 bits per heavy atom. The van der Waals surface area contributed by atoms with Crippen molar-refractivity contribution in [2.45, 2.75) is 32.2 Å². The maximum Gasteiger partial charge on any atom is 0.307 e. The lowest BCUT2D eigenvalue weighted by Gasteiger charge is -2.11. The maximum atomic E-state index is 10.9. The number of hydrogen-bond acceptors (Lipinski definition) is 4. The quantitative estimate of drug-likeness (QED) is 0.471. The minimum Gasteiger partial charge on any atom is -0.469 e. The first-order chi connectivity index (χ1) is 6.70. The Balaban J connectivity index is 3.26. The molecular weight excluding hydrogens is 182 g/mol. The van der Waals surface area contributed by atoms with Gasteiger partial charge in [-0.1, -0.05) is 0 Å². The number of rotatable bonds is 8. The average molecular weight is 203 g/mol. The molecule has 0 aromatic carbocycles. The Bertz CT molecular complexity index is 150. The number of carbonyl (C=O) groups excluding carboxylic acids is 1. The lowest BCUT2D eigenvalue weighted by Crippen LogP contribution is -2.29. The molecule has 1 atom stereocenters. The van der Waals surface area contributed by atoms with Crippen LogP contribution in [0.5, 0.6) is 0 Å². The minimum absolute atomic E-state index is 0.165. The van der Waals surface area contributed by atoms with Crippen molar-refractivity contribution in [1.29, 1.82) is 0 Å². The highest BCUT2D eigenvalue weighted by molar-refractivity contribution is 5.69. The summed E-state index contributed by atoms with van der Waals surface area (Å²) in [6.45, 7) is 3.70. The van der Waals surface area contributed by atoms with Crippen molar-refractivity contribution in [2.24, 2.45) is 0 Å². The Labute approximate surface area is 86.0 Å². The summed E-state index contributed by atoms with van der Waals surface area (Å²) in [5, 5.41) is 3.25. The fraction of sp³-hybridized carbons (Fsp3) is 0.900. The molecule has 0 saturated heterocycles. The number of unbranched alkanes of at least 4 members (excludes halogenated alkanes) is 1. The fourth-order valence-electron chi connectivity index (χ4n) is 1.13. The minimum atomic E-state index is -0.165. The standard InChI is InChI=1S/C10H21NO3/c1-9(8-10(12)14-3)11-6-4-5-7-13-2/h9,11H,4-8H2,1-3H3. The van der Waals surface area contributed by atoms with Gasteiger partial charge in [-0.25, -0.2) is 0 Å². The van der Waals surface area contributed by atoms with E-state index in [9.17, 15) is 4.79 Å². The number of ether oxygens (including phenoxy) is 2. The van der Waals surface area contributed by atoms with Gasteiger partial charge in [-0.3, -0.25) is 4.79 Å². The van der Waals surface area contributed by atoms with Crippen molar-refractivity contribution in [2.75, 3.05) is 27.4 Å². The van der Waals surface area contributed by atoms with Crippen LogP contribution >= 0.6 is 0 Å². The van der Waals surface area contributed by atoms with Crippen molar-refractivity contribution in [3.05, 3.63) is 0 Å². The third-order valence-electron chi connectivity index (χ3n) is 1.97. The Kier molecular flexibility index (Phi) is 8.57. The van der Waals surface area contributed by atoms with Gasteiger partial charge < -0.3 is 14.8 Å². The summed E-state index contributed by atoms with van der Waals surface area (Å²) in [6.07, 6.45) is 2.55. The van der Waals surface area contributed by atoms with Crippen LogP contribution < -0.4 is 5.32 Å². The third-order valence-corrected chi connectivity index (χ3v) is 1.97. The van der Waals surface area contributed by atoms with Gasteiger partial charge in [0.1, 0.15) is 0 Å². The van der Waals surface area contributed by atoms with Gasteiger partial charge >= 0.3 is 5.97 Å². The lowest BCUT2D eigenvalue weighted by molar-refractivity contribution is -0.141. The molecule has 0 amide bonds. The zero-order valence-electron chi connectivity index (χ0n) is 9.34. The van der Waals surface area contributed by atoms with E-state index in [-0.39, 0.29) is 12.0 Å². The fourth-order valence-corrected chi connectivity index (χ4v) is 1.13. The van der Waals surface area contributed by atoms with Gasteiger partial charge in [0, 0.05) is 19.8 Å². The number of hydrogen-bond donors (Lipinski definition) is 1. The van der Waals surface area contributed by atoms with Crippen LogP contribution in [0.3, 0.4) is 0 Å². The second-order valence-corrected chi connectivity index (χ2v) is 3.34. The van der Waals surface area contributed by atoms with Crippen LogP contribution in [0.1, 0.15) is 26.2 Å². The smallest absolute Gasteiger partial charge is 0.307 e. The molecule has 0 spiro atoms. The first kappa shape index (κ1) is 13.4. The molecule has 0 aliphatic carbocycles. The van der Waals surface area contributed by atoms with E-state index in [4.69, 9.17) is 4.74 Å². The summed E-state index contributed by atoms with van der Waals surface area (Å²) >= 11 is 0. The summed E-state index contributed by atoms with van der Waals surface area (Å²) in [5.74, 6) is -0.165. The summed E-state index contributed by atoms with van der Waals surface area (Å²) in [5.41, 5.74) is 0. The summed E-state index contributed by atoms with van der Waals surface area (Å²) < 4.78 is 9.50. The van der Waals surface area contributed by atoms with E-state index >= 15 is 0 Å². The zero-order valence-corrected chi connectivity index (χ0v) is 9.34. The topological polar surface area (TPSA) is 47.6 Å². The predicted octanol–water partition coefficient (Wildman–Crippen LogP) is 0.954. The van der Waals surface area contributed by atoms with Crippen LogP contribution in [-0.4, -0.2) is 39.4 Å². The molecule has 0 fully saturated rings. The van der Waals surface area contributed by atoms with Crippen LogP contribution in [0.4, 0.5) is 0 Å². The van der Waals surface area contributed by atoms with E-state index in [1.807, 2.05) is 6.92 Å². The second kappa shape index (κ2) is 8.97. The molecule has 0 bridgehead atoms. The Morgan fingerprint density at radius 2 is 2.07 bits per heavy atom. The normalized spacial score (nSPS) is 12.5. The van der Waals surface area contributed by atoms with Gasteiger partial charge in [0.25, 0.3) is 0 Å². The van der Waals surface area contributed by atoms with Crippen LogP contribution in [0.25, 0.3) is 0 Å². The molecule has 4 heteroatoms. The van der Waals surface area contributed by atoms with Gasteiger partial charge in [0.2, 0.25) is 0 Å². The van der Waals surface area contributed by atoms with Gasteiger partial charge in [-0.05, 0) is 26.3 Å². The molecular formula is C10H21NO3. The monoisotopic (exact) mass is 203 g/mol. The molecule has 0 rings (SSSR count). The highest BCUT2D eigenvalue weighted by atomic mass is 16.5. The number of carbonyl (C=O) groups is 1. The van der Waals surface area contributed by atoms with Crippen molar-refractivity contribution < 1.29 is 14.3 Å². The average Bonchev–Trinajstić information content (AvgIpc) is 2.17. The maximum absolute atomic E-state index is 10.9. The predicted molar refractivity (Wildman–Crippen MR) is 55.2 cm³/mol. The first-order valence-electron chi connectivity index (χ1n) is 4.99. The summed E-state index contributed by atoms with van der Waals surface area (Å²) in [4.78, 5) is 10.9. The van der Waals surface area contributed by atoms with Gasteiger partial charge in [-0.15, -0.1) is 0 Å². The zero-order chi connectivity index (χ0) is 10.8. The molecule has 84 valence electrons. The van der Waals surface area contributed by atoms with Gasteiger partial charge in [0.05, 0.1) is 13.5 Å². The molecule has 0 aliphatic rings. The molecule has 1 unspecified atom stereocenters. The molecule has 0 aliphatic heterocycles. The van der Waals surface area contributed by atoms with E-state index < -0.39 is 0 Å². The van der Waals surface area contributed by atoms with Crippen LogP contribution in [0, 0.1) is 0 Å². The van der Waals surface area contributed by atoms with Crippen LogP contribution in [0.2, 0.25) is 0 Å². The van der Waals surface area contributed by atoms with Crippen molar-refractivity contribution >= 4 is 5.97 Å². The van der Waals surface area contributed by atoms with E-state index in [0.717, 1.165) is 26.0 Å². The second-order valence-electron chi connectivity index (χ2n) is 3.34. The Hall–Kier alpha value is -0.610. The Morgan fingerprint density at radius 1 is 1.36 bits per heavy atom. The molecule has 0 aromatic rings. The van der Waals surface area contributed by atoms with E-state index in [2.05, 4.69) is 10.1 Å². The summed E-state index contributed by atoms with van der Waals surface area (Å²) in [7, 11) is 3.11. The largest absolute Gasteiger partial charge is 0.469 e. The van der Waals surface area contributed by atoms with E-state index in [0.29, 0.717) is 6.42 Å². The van der Waals surface area contributed by atoms with Gasteiger partial charge in [0.15, 0.2) is 0 Å². The molecule has 4 nitrogen and oxygen atoms in total.